The summed E-state index contributed by atoms with van der Waals surface area (Å²) in [5, 5.41) is 0. The molecule has 1 aromatic carbocycles. The van der Waals surface area contributed by atoms with E-state index >= 15 is 0 Å². The summed E-state index contributed by atoms with van der Waals surface area (Å²) in [6, 6.07) is 8.54. The van der Waals surface area contributed by atoms with Crippen LogP contribution in [0.5, 0.6) is 0 Å². The standard InChI is InChI=1S/C23H30N4O3S/c1-5-12-30-16-20(13-17(2)3)26-31(28,29)21-8-6-19(7-9-21)15-27-18(4)25-22-10-11-24-14-23(22)27/h5-11,14,17,20,26H,1,12-13,15-16H2,2-4H3/t20-/m1/s1. The second-order valence-electron chi connectivity index (χ2n) is 8.03. The fraction of sp³-hybridized carbons (Fsp3) is 0.391. The summed E-state index contributed by atoms with van der Waals surface area (Å²) in [5.41, 5.74) is 2.83. The SMILES string of the molecule is C=CCOC[C@@H](CC(C)C)NS(=O)(=O)c1ccc(Cn2c(C)nc3ccncc32)cc1. The monoisotopic (exact) mass is 442 g/mol. The van der Waals surface area contributed by atoms with E-state index in [1.54, 1.807) is 30.6 Å². The van der Waals surface area contributed by atoms with E-state index in [1.807, 2.05) is 25.1 Å². The Morgan fingerprint density at radius 2 is 1.97 bits per heavy atom. The van der Waals surface area contributed by atoms with Gasteiger partial charge in [0.2, 0.25) is 10.0 Å². The lowest BCUT2D eigenvalue weighted by atomic mass is 10.1. The van der Waals surface area contributed by atoms with Crippen LogP contribution in [0.15, 0.2) is 60.3 Å². The van der Waals surface area contributed by atoms with Crippen molar-refractivity contribution < 1.29 is 13.2 Å². The van der Waals surface area contributed by atoms with Crippen molar-refractivity contribution in [3.05, 3.63) is 66.8 Å². The van der Waals surface area contributed by atoms with Crippen molar-refractivity contribution in [2.75, 3.05) is 13.2 Å². The molecule has 0 aliphatic carbocycles. The fourth-order valence-corrected chi connectivity index (χ4v) is 4.78. The number of nitrogens with zero attached hydrogens (tertiary/aromatic N) is 3. The van der Waals surface area contributed by atoms with E-state index in [1.165, 1.54) is 0 Å². The van der Waals surface area contributed by atoms with E-state index in [-0.39, 0.29) is 10.9 Å². The van der Waals surface area contributed by atoms with Gasteiger partial charge in [0.1, 0.15) is 5.82 Å². The minimum atomic E-state index is -3.65. The third-order valence-electron chi connectivity index (χ3n) is 4.95. The van der Waals surface area contributed by atoms with Crippen LogP contribution in [0.2, 0.25) is 0 Å². The Balaban J connectivity index is 1.74. The topological polar surface area (TPSA) is 86.1 Å². The van der Waals surface area contributed by atoms with Gasteiger partial charge in [-0.2, -0.15) is 0 Å². The normalized spacial score (nSPS) is 13.0. The fourth-order valence-electron chi connectivity index (χ4n) is 3.55. The lowest BCUT2D eigenvalue weighted by Gasteiger charge is -2.20. The van der Waals surface area contributed by atoms with E-state index in [0.29, 0.717) is 32.1 Å². The Kier molecular flexibility index (Phi) is 7.59. The van der Waals surface area contributed by atoms with Crippen LogP contribution in [-0.4, -0.2) is 42.2 Å². The van der Waals surface area contributed by atoms with E-state index in [0.717, 1.165) is 22.4 Å². The number of hydrogen-bond donors (Lipinski definition) is 1. The van der Waals surface area contributed by atoms with Crippen molar-refractivity contribution in [3.63, 3.8) is 0 Å². The maximum absolute atomic E-state index is 12.9. The van der Waals surface area contributed by atoms with Crippen LogP contribution in [-0.2, 0) is 21.3 Å². The number of pyridine rings is 1. The molecule has 3 rings (SSSR count). The average molecular weight is 443 g/mol. The van der Waals surface area contributed by atoms with Crippen molar-refractivity contribution in [1.82, 2.24) is 19.3 Å². The molecule has 0 amide bonds. The lowest BCUT2D eigenvalue weighted by molar-refractivity contribution is 0.135. The molecule has 0 saturated carbocycles. The minimum absolute atomic E-state index is 0.239. The zero-order valence-corrected chi connectivity index (χ0v) is 19.1. The van der Waals surface area contributed by atoms with Crippen LogP contribution < -0.4 is 4.72 Å². The van der Waals surface area contributed by atoms with E-state index in [4.69, 9.17) is 4.74 Å². The number of aryl methyl sites for hydroxylation is 1. The third kappa shape index (κ3) is 6.00. The number of hydrogen-bond acceptors (Lipinski definition) is 5. The number of ether oxygens (including phenoxy) is 1. The van der Waals surface area contributed by atoms with Crippen LogP contribution in [0.1, 0.15) is 31.7 Å². The first kappa shape index (κ1) is 23.1. The molecule has 0 spiro atoms. The zero-order valence-electron chi connectivity index (χ0n) is 18.3. The largest absolute Gasteiger partial charge is 0.376 e. The molecule has 2 aromatic heterocycles. The van der Waals surface area contributed by atoms with Crippen LogP contribution >= 0.6 is 0 Å². The van der Waals surface area contributed by atoms with Gasteiger partial charge in [-0.1, -0.05) is 32.1 Å². The van der Waals surface area contributed by atoms with Gasteiger partial charge in [0, 0.05) is 18.8 Å². The van der Waals surface area contributed by atoms with E-state index in [9.17, 15) is 8.42 Å². The number of rotatable bonds is 11. The summed E-state index contributed by atoms with van der Waals surface area (Å²) >= 11 is 0. The Hall–Kier alpha value is -2.55. The van der Waals surface area contributed by atoms with Crippen molar-refractivity contribution >= 4 is 21.1 Å². The quantitative estimate of drug-likeness (QED) is 0.362. The highest BCUT2D eigenvalue weighted by Gasteiger charge is 2.21. The Morgan fingerprint density at radius 3 is 2.65 bits per heavy atom. The number of benzene rings is 1. The number of aromatic nitrogens is 3. The van der Waals surface area contributed by atoms with Crippen molar-refractivity contribution in [2.45, 2.75) is 44.7 Å². The van der Waals surface area contributed by atoms with Gasteiger partial charge in [-0.3, -0.25) is 4.98 Å². The Bertz CT molecular complexity index is 1120. The summed E-state index contributed by atoms with van der Waals surface area (Å²) in [4.78, 5) is 8.98. The summed E-state index contributed by atoms with van der Waals surface area (Å²) < 4.78 is 36.2. The second-order valence-corrected chi connectivity index (χ2v) is 9.74. The summed E-state index contributed by atoms with van der Waals surface area (Å²) in [6.45, 7) is 11.0. The highest BCUT2D eigenvalue weighted by Crippen LogP contribution is 2.18. The van der Waals surface area contributed by atoms with Gasteiger partial charge < -0.3 is 9.30 Å². The first-order valence-corrected chi connectivity index (χ1v) is 11.8. The van der Waals surface area contributed by atoms with Gasteiger partial charge in [0.15, 0.2) is 0 Å². The molecule has 0 unspecified atom stereocenters. The van der Waals surface area contributed by atoms with Crippen LogP contribution in [0, 0.1) is 12.8 Å². The molecule has 0 saturated heterocycles. The molecular formula is C23H30N4O3S. The molecule has 0 radical (unpaired) electrons. The molecule has 0 aliphatic heterocycles. The smallest absolute Gasteiger partial charge is 0.240 e. The van der Waals surface area contributed by atoms with Gasteiger partial charge in [-0.05, 0) is 43.0 Å². The summed E-state index contributed by atoms with van der Waals surface area (Å²) in [6.07, 6.45) is 5.86. The molecule has 1 N–H and O–H groups in total. The Morgan fingerprint density at radius 1 is 1.23 bits per heavy atom. The first-order chi connectivity index (χ1) is 14.8. The maximum Gasteiger partial charge on any atom is 0.240 e. The molecule has 8 heteroatoms. The van der Waals surface area contributed by atoms with Crippen molar-refractivity contribution in [3.8, 4) is 0 Å². The minimum Gasteiger partial charge on any atom is -0.376 e. The number of fused-ring (bicyclic) bond motifs is 1. The van der Waals surface area contributed by atoms with Gasteiger partial charge in [0.25, 0.3) is 0 Å². The highest BCUT2D eigenvalue weighted by atomic mass is 32.2. The average Bonchev–Trinajstić information content (AvgIpc) is 3.03. The molecular weight excluding hydrogens is 412 g/mol. The maximum atomic E-state index is 12.9. The molecule has 0 bridgehead atoms. The predicted molar refractivity (Wildman–Crippen MR) is 122 cm³/mol. The molecule has 31 heavy (non-hydrogen) atoms. The van der Waals surface area contributed by atoms with Gasteiger partial charge >= 0.3 is 0 Å². The molecule has 7 nitrogen and oxygen atoms in total. The molecule has 0 aliphatic rings. The predicted octanol–water partition coefficient (Wildman–Crippen LogP) is 3.68. The number of nitrogens with one attached hydrogen (secondary N) is 1. The summed E-state index contributed by atoms with van der Waals surface area (Å²) in [5.74, 6) is 1.22. The molecule has 166 valence electrons. The number of sulfonamides is 1. The zero-order chi connectivity index (χ0) is 22.4. The number of imidazole rings is 1. The van der Waals surface area contributed by atoms with Gasteiger partial charge in [0.05, 0.1) is 35.3 Å². The van der Waals surface area contributed by atoms with Crippen molar-refractivity contribution in [2.24, 2.45) is 5.92 Å². The van der Waals surface area contributed by atoms with Crippen LogP contribution in [0.4, 0.5) is 0 Å². The van der Waals surface area contributed by atoms with E-state index in [2.05, 4.69) is 39.7 Å². The van der Waals surface area contributed by atoms with Gasteiger partial charge in [-0.15, -0.1) is 6.58 Å². The first-order valence-electron chi connectivity index (χ1n) is 10.4. The summed E-state index contributed by atoms with van der Waals surface area (Å²) in [7, 11) is -3.65. The van der Waals surface area contributed by atoms with E-state index < -0.39 is 10.0 Å². The second kappa shape index (κ2) is 10.2. The molecule has 1 atom stereocenters. The lowest BCUT2D eigenvalue weighted by Crippen LogP contribution is -2.39. The molecule has 0 fully saturated rings. The molecule has 3 aromatic rings. The van der Waals surface area contributed by atoms with Crippen molar-refractivity contribution in [1.29, 1.82) is 0 Å². The van der Waals surface area contributed by atoms with Crippen LogP contribution in [0.3, 0.4) is 0 Å². The van der Waals surface area contributed by atoms with Crippen LogP contribution in [0.25, 0.3) is 11.0 Å². The Labute approximate surface area is 184 Å². The highest BCUT2D eigenvalue weighted by molar-refractivity contribution is 7.89. The van der Waals surface area contributed by atoms with Gasteiger partial charge in [-0.25, -0.2) is 18.1 Å². The molecule has 2 heterocycles. The third-order valence-corrected chi connectivity index (χ3v) is 6.48.